The van der Waals surface area contributed by atoms with Crippen LogP contribution in [0.2, 0.25) is 5.02 Å². The maximum Gasteiger partial charge on any atom is 0.243 e. The third-order valence-corrected chi connectivity index (χ3v) is 10.9. The molecule has 0 spiro atoms. The van der Waals surface area contributed by atoms with Crippen molar-refractivity contribution in [3.8, 4) is 0 Å². The summed E-state index contributed by atoms with van der Waals surface area (Å²) in [7, 11) is -4.35. The molecule has 0 radical (unpaired) electrons. The molecular formula is C30H36ClFN4O8S. The van der Waals surface area contributed by atoms with Crippen LogP contribution >= 0.6 is 11.6 Å². The summed E-state index contributed by atoms with van der Waals surface area (Å²) in [6, 6.07) is 10.9. The minimum absolute atomic E-state index is 0.0891. The monoisotopic (exact) mass is 666 g/mol. The Balaban J connectivity index is 1.31. The van der Waals surface area contributed by atoms with E-state index in [9.17, 15) is 32.6 Å². The average molecular weight is 667 g/mol. The minimum Gasteiger partial charge on any atom is -0.388 e. The van der Waals surface area contributed by atoms with Gasteiger partial charge in [0.1, 0.15) is 24.1 Å². The van der Waals surface area contributed by atoms with Crippen molar-refractivity contribution in [3.05, 3.63) is 64.9 Å². The number of likely N-dealkylation sites (tertiary alicyclic amines) is 1. The number of ether oxygens (including phenoxy) is 2. The van der Waals surface area contributed by atoms with Crippen LogP contribution in [-0.2, 0) is 35.6 Å². The third kappa shape index (κ3) is 7.03. The minimum atomic E-state index is -4.35. The fraction of sp³-hybridized carbons (Fsp3) is 0.533. The Bertz CT molecular complexity index is 1530. The predicted molar refractivity (Wildman–Crippen MR) is 159 cm³/mol. The van der Waals surface area contributed by atoms with Gasteiger partial charge in [0.2, 0.25) is 21.8 Å². The van der Waals surface area contributed by atoms with E-state index < -0.39 is 64.9 Å². The summed E-state index contributed by atoms with van der Waals surface area (Å²) < 4.78 is 54.5. The van der Waals surface area contributed by atoms with Gasteiger partial charge in [0.25, 0.3) is 0 Å². The van der Waals surface area contributed by atoms with E-state index in [1.54, 1.807) is 11.0 Å². The topological polar surface area (TPSA) is 149 Å². The maximum absolute atomic E-state index is 14.1. The number of amides is 2. The van der Waals surface area contributed by atoms with Gasteiger partial charge in [0, 0.05) is 50.3 Å². The van der Waals surface area contributed by atoms with Crippen LogP contribution in [0, 0.1) is 5.82 Å². The van der Waals surface area contributed by atoms with Crippen molar-refractivity contribution in [1.82, 2.24) is 19.4 Å². The highest BCUT2D eigenvalue weighted by Gasteiger charge is 2.47. The molecule has 4 aliphatic heterocycles. The fourth-order valence-electron chi connectivity index (χ4n) is 6.64. The first kappa shape index (κ1) is 32.3. The first-order valence-electron chi connectivity index (χ1n) is 14.9. The number of sulfonamides is 1. The van der Waals surface area contributed by atoms with Crippen LogP contribution in [0.3, 0.4) is 0 Å². The summed E-state index contributed by atoms with van der Waals surface area (Å²) >= 11 is 6.21. The van der Waals surface area contributed by atoms with Crippen LogP contribution in [0.4, 0.5) is 4.39 Å². The van der Waals surface area contributed by atoms with Crippen molar-refractivity contribution in [1.29, 1.82) is 0 Å². The van der Waals surface area contributed by atoms with Gasteiger partial charge in [-0.3, -0.25) is 14.5 Å². The van der Waals surface area contributed by atoms with Crippen molar-refractivity contribution < 1.29 is 42.1 Å². The van der Waals surface area contributed by atoms with Crippen molar-refractivity contribution in [2.24, 2.45) is 0 Å². The number of carbonyl (C=O) groups is 2. The number of benzene rings is 2. The number of hydrogen-bond donors (Lipinski definition) is 3. The molecule has 7 atom stereocenters. The van der Waals surface area contributed by atoms with Crippen LogP contribution in [0.5, 0.6) is 0 Å². The molecule has 0 saturated carbocycles. The van der Waals surface area contributed by atoms with Gasteiger partial charge in [-0.25, -0.2) is 12.8 Å². The Morgan fingerprint density at radius 2 is 1.78 bits per heavy atom. The van der Waals surface area contributed by atoms with Gasteiger partial charge in [-0.1, -0.05) is 29.8 Å². The quantitative estimate of drug-likeness (QED) is 0.420. The third-order valence-electron chi connectivity index (χ3n) is 8.85. The van der Waals surface area contributed by atoms with Crippen LogP contribution in [-0.4, -0.2) is 126 Å². The molecule has 12 nitrogen and oxygen atoms in total. The Hall–Kier alpha value is -2.69. The number of fused-ring (bicyclic) bond motifs is 6. The van der Waals surface area contributed by atoms with Crippen molar-refractivity contribution in [3.63, 3.8) is 0 Å². The molecule has 4 saturated heterocycles. The molecular weight excluding hydrogens is 631 g/mol. The largest absolute Gasteiger partial charge is 0.388 e. The lowest BCUT2D eigenvalue weighted by molar-refractivity contribution is -0.144. The molecule has 4 fully saturated rings. The molecule has 4 heterocycles. The summed E-state index contributed by atoms with van der Waals surface area (Å²) in [5, 5.41) is 25.1. The molecule has 0 aromatic heterocycles. The number of carbonyl (C=O) groups excluding carboxylic acids is 2. The zero-order valence-electron chi connectivity index (χ0n) is 24.4. The highest BCUT2D eigenvalue weighted by atomic mass is 35.5. The van der Waals surface area contributed by atoms with Gasteiger partial charge in [0.05, 0.1) is 36.2 Å². The summed E-state index contributed by atoms with van der Waals surface area (Å²) in [6.07, 6.45) is -5.90. The van der Waals surface area contributed by atoms with Gasteiger partial charge in [0.15, 0.2) is 0 Å². The van der Waals surface area contributed by atoms with E-state index >= 15 is 0 Å². The summed E-state index contributed by atoms with van der Waals surface area (Å²) in [5.74, 6) is -1.34. The van der Waals surface area contributed by atoms with Crippen molar-refractivity contribution in [2.75, 3.05) is 39.3 Å². The van der Waals surface area contributed by atoms with E-state index in [1.807, 2.05) is 23.1 Å². The Kier molecular flexibility index (Phi) is 9.46. The van der Waals surface area contributed by atoms with Gasteiger partial charge < -0.3 is 29.9 Å². The molecule has 4 aliphatic rings. The number of nitrogens with one attached hydrogen (secondary N) is 1. The molecule has 2 amide bonds. The van der Waals surface area contributed by atoms with Crippen LogP contribution < -0.4 is 5.32 Å². The number of morpholine rings is 1. The van der Waals surface area contributed by atoms with Gasteiger partial charge >= 0.3 is 0 Å². The number of rotatable bonds is 4. The molecule has 0 aliphatic carbocycles. The van der Waals surface area contributed by atoms with Crippen LogP contribution in [0.25, 0.3) is 0 Å². The van der Waals surface area contributed by atoms with E-state index in [4.69, 9.17) is 21.1 Å². The van der Waals surface area contributed by atoms with Crippen LogP contribution in [0.15, 0.2) is 53.4 Å². The molecule has 45 heavy (non-hydrogen) atoms. The molecule has 2 aromatic rings. The van der Waals surface area contributed by atoms with Crippen LogP contribution in [0.1, 0.15) is 18.4 Å². The second kappa shape index (κ2) is 13.2. The number of aliphatic hydroxyl groups is 2. The first-order valence-corrected chi connectivity index (χ1v) is 16.8. The predicted octanol–water partition coefficient (Wildman–Crippen LogP) is 0.349. The van der Waals surface area contributed by atoms with Gasteiger partial charge in [-0.05, 0) is 42.3 Å². The number of aliphatic hydroxyl groups excluding tert-OH is 2. The molecule has 15 heteroatoms. The molecule has 2 aromatic carbocycles. The maximum atomic E-state index is 14.1. The van der Waals surface area contributed by atoms with Gasteiger partial charge in [-0.15, -0.1) is 0 Å². The Labute approximate surface area is 265 Å². The first-order chi connectivity index (χ1) is 21.5. The average Bonchev–Trinajstić information content (AvgIpc) is 3.51. The normalized spacial score (nSPS) is 32.1. The smallest absolute Gasteiger partial charge is 0.243 e. The van der Waals surface area contributed by atoms with Gasteiger partial charge in [-0.2, -0.15) is 4.31 Å². The van der Waals surface area contributed by atoms with Crippen molar-refractivity contribution >= 4 is 33.4 Å². The second-order valence-electron chi connectivity index (χ2n) is 12.0. The summed E-state index contributed by atoms with van der Waals surface area (Å²) in [4.78, 5) is 30.5. The number of hydrogen-bond acceptors (Lipinski definition) is 9. The molecule has 0 unspecified atom stereocenters. The SMILES string of the molecule is O=C1C[C@@H]2O[C@H](CN(S(=O)(=O)c3cccc(F)c3)C[C@@H]3CN(CCO3)C(=O)[C@@H]3C[C@@H](CN3Cc3cccc(Cl)c3)N1)[C@@H](O)[C@H]2O. The number of nitrogens with zero attached hydrogens (tertiary/aromatic N) is 3. The van der Waals surface area contributed by atoms with Crippen molar-refractivity contribution in [2.45, 2.75) is 66.9 Å². The molecule has 6 rings (SSSR count). The lowest BCUT2D eigenvalue weighted by Gasteiger charge is -2.38. The zero-order valence-corrected chi connectivity index (χ0v) is 25.9. The highest BCUT2D eigenvalue weighted by molar-refractivity contribution is 7.89. The Morgan fingerprint density at radius 1 is 1.00 bits per heavy atom. The summed E-state index contributed by atoms with van der Waals surface area (Å²) in [6.45, 7) is 0.720. The molecule has 244 valence electrons. The fourth-order valence-corrected chi connectivity index (χ4v) is 8.37. The standard InChI is InChI=1S/C30H36ClFN4O8S/c31-19-4-1-3-18(9-19)13-35-14-21-11-24(35)30(40)34-7-8-43-22(15-34)16-36(45(41,42)23-6-2-5-20(32)10-23)17-26-29(39)28(38)25(44-26)12-27(37)33-21/h1-6,9-10,21-22,24-26,28-29,38-39H,7-8,11-17H2,(H,33,37)/t21-,22-,24-,25-,26+,28-,29+/m0/s1. The number of halogens is 2. The van der Waals surface area contributed by atoms with E-state index in [1.165, 1.54) is 12.1 Å². The molecule has 6 bridgehead atoms. The second-order valence-corrected chi connectivity index (χ2v) is 14.4. The van der Waals surface area contributed by atoms with E-state index in [-0.39, 0.29) is 43.0 Å². The van der Waals surface area contributed by atoms with E-state index in [0.717, 1.165) is 22.0 Å². The molecule has 3 N–H and O–H groups in total. The summed E-state index contributed by atoms with van der Waals surface area (Å²) in [5.41, 5.74) is 0.902. The zero-order chi connectivity index (χ0) is 31.9. The van der Waals surface area contributed by atoms with E-state index in [0.29, 0.717) is 31.1 Å². The Morgan fingerprint density at radius 3 is 2.56 bits per heavy atom. The van der Waals surface area contributed by atoms with E-state index in [2.05, 4.69) is 5.32 Å². The lowest BCUT2D eigenvalue weighted by atomic mass is 10.0. The lowest BCUT2D eigenvalue weighted by Crippen LogP contribution is -2.55. The highest BCUT2D eigenvalue weighted by Crippen LogP contribution is 2.29.